The minimum atomic E-state index is -2.95. The summed E-state index contributed by atoms with van der Waals surface area (Å²) in [5, 5.41) is 10.7. The van der Waals surface area contributed by atoms with Gasteiger partial charge in [0, 0.05) is 31.3 Å². The topological polar surface area (TPSA) is 96.6 Å². The van der Waals surface area contributed by atoms with Crippen molar-refractivity contribution in [3.63, 3.8) is 0 Å². The summed E-state index contributed by atoms with van der Waals surface area (Å²) in [6, 6.07) is 0. The van der Waals surface area contributed by atoms with E-state index in [4.69, 9.17) is 4.52 Å². The first-order chi connectivity index (χ1) is 12.1. The van der Waals surface area contributed by atoms with Gasteiger partial charge in [-0.25, -0.2) is 13.4 Å². The van der Waals surface area contributed by atoms with Gasteiger partial charge in [-0.15, -0.1) is 24.0 Å². The molecule has 0 saturated heterocycles. The number of hydrogen-bond donors (Lipinski definition) is 2. The van der Waals surface area contributed by atoms with Gasteiger partial charge in [0.25, 0.3) is 0 Å². The fourth-order valence-corrected chi connectivity index (χ4v) is 3.41. The van der Waals surface area contributed by atoms with Crippen molar-refractivity contribution < 1.29 is 12.9 Å². The highest BCUT2D eigenvalue weighted by molar-refractivity contribution is 14.0. The Kier molecular flexibility index (Phi) is 11.5. The Hall–Kier alpha value is -0.840. The van der Waals surface area contributed by atoms with Crippen molar-refractivity contribution in [1.29, 1.82) is 0 Å². The molecule has 1 heterocycles. The van der Waals surface area contributed by atoms with Crippen molar-refractivity contribution >= 4 is 39.8 Å². The third-order valence-electron chi connectivity index (χ3n) is 4.23. The quantitative estimate of drug-likeness (QED) is 0.283. The number of nitrogens with one attached hydrogen (secondary N) is 2. The van der Waals surface area contributed by atoms with Gasteiger partial charge in [0.15, 0.2) is 5.96 Å². The highest BCUT2D eigenvalue weighted by atomic mass is 127. The van der Waals surface area contributed by atoms with Gasteiger partial charge in [-0.05, 0) is 25.2 Å². The number of aryl methyl sites for hydroxylation is 2. The number of guanidine groups is 1. The molecular formula is C18H35IN4O3S. The van der Waals surface area contributed by atoms with Gasteiger partial charge in [0.05, 0.1) is 18.0 Å². The molecule has 0 saturated carbocycles. The molecule has 27 heavy (non-hydrogen) atoms. The Morgan fingerprint density at radius 1 is 1.19 bits per heavy atom. The molecular weight excluding hydrogens is 479 g/mol. The molecule has 0 unspecified atom stereocenters. The van der Waals surface area contributed by atoms with Crippen molar-refractivity contribution in [1.82, 2.24) is 15.8 Å². The predicted molar refractivity (Wildman–Crippen MR) is 122 cm³/mol. The van der Waals surface area contributed by atoms with E-state index < -0.39 is 9.84 Å². The number of hydrogen-bond acceptors (Lipinski definition) is 5. The van der Waals surface area contributed by atoms with Crippen LogP contribution >= 0.6 is 24.0 Å². The van der Waals surface area contributed by atoms with Crippen molar-refractivity contribution in [3.05, 3.63) is 17.0 Å². The number of sulfone groups is 1. The molecule has 0 bridgehead atoms. The molecule has 7 nitrogen and oxygen atoms in total. The monoisotopic (exact) mass is 514 g/mol. The summed E-state index contributed by atoms with van der Waals surface area (Å²) < 4.78 is 28.2. The van der Waals surface area contributed by atoms with Crippen LogP contribution in [-0.4, -0.2) is 44.6 Å². The van der Waals surface area contributed by atoms with Crippen molar-refractivity contribution in [3.8, 4) is 0 Å². The molecule has 0 amide bonds. The summed E-state index contributed by atoms with van der Waals surface area (Å²) in [7, 11) is -2.95. The van der Waals surface area contributed by atoms with Crippen LogP contribution in [0.1, 0.15) is 58.1 Å². The van der Waals surface area contributed by atoms with Gasteiger partial charge in [-0.2, -0.15) is 0 Å². The molecule has 0 spiro atoms. The van der Waals surface area contributed by atoms with Gasteiger partial charge < -0.3 is 15.2 Å². The highest BCUT2D eigenvalue weighted by Gasteiger charge is 2.21. The predicted octanol–water partition coefficient (Wildman–Crippen LogP) is 2.93. The standard InChI is InChI=1S/C18H34N4O3S.HI/c1-7-15-14(16(8-2)25-22-15)12-20-17(19-9-3)21-13-18(4,5)10-11-26(6,23)24;/h7-13H2,1-6H3,(H2,19,20,21);1H. The largest absolute Gasteiger partial charge is 0.361 e. The van der Waals surface area contributed by atoms with Crippen LogP contribution in [0.5, 0.6) is 0 Å². The van der Waals surface area contributed by atoms with Gasteiger partial charge >= 0.3 is 0 Å². The van der Waals surface area contributed by atoms with E-state index in [2.05, 4.69) is 41.6 Å². The summed E-state index contributed by atoms with van der Waals surface area (Å²) >= 11 is 0. The van der Waals surface area contributed by atoms with E-state index in [0.717, 1.165) is 36.4 Å². The Labute approximate surface area is 181 Å². The number of aromatic nitrogens is 1. The Morgan fingerprint density at radius 3 is 2.37 bits per heavy atom. The molecule has 0 aliphatic carbocycles. The zero-order valence-corrected chi connectivity index (χ0v) is 20.5. The van der Waals surface area contributed by atoms with Crippen LogP contribution in [0.3, 0.4) is 0 Å². The zero-order chi connectivity index (χ0) is 19.8. The van der Waals surface area contributed by atoms with E-state index in [1.54, 1.807) is 0 Å². The Balaban J connectivity index is 0.00000676. The van der Waals surface area contributed by atoms with Crippen LogP contribution in [-0.2, 0) is 29.2 Å². The van der Waals surface area contributed by atoms with Gasteiger partial charge in [0.1, 0.15) is 15.6 Å². The molecule has 2 N–H and O–H groups in total. The smallest absolute Gasteiger partial charge is 0.191 e. The third kappa shape index (κ3) is 9.77. The molecule has 9 heteroatoms. The molecule has 158 valence electrons. The van der Waals surface area contributed by atoms with Gasteiger partial charge in [-0.3, -0.25) is 0 Å². The van der Waals surface area contributed by atoms with E-state index >= 15 is 0 Å². The zero-order valence-electron chi connectivity index (χ0n) is 17.4. The van der Waals surface area contributed by atoms with Crippen molar-refractivity contribution in [2.24, 2.45) is 10.4 Å². The van der Waals surface area contributed by atoms with Crippen LogP contribution in [0.4, 0.5) is 0 Å². The van der Waals surface area contributed by atoms with Gasteiger partial charge in [-0.1, -0.05) is 32.9 Å². The van der Waals surface area contributed by atoms with Crippen molar-refractivity contribution in [2.75, 3.05) is 25.1 Å². The molecule has 1 rings (SSSR count). The average Bonchev–Trinajstić information content (AvgIpc) is 2.97. The van der Waals surface area contributed by atoms with Crippen molar-refractivity contribution in [2.45, 2.75) is 60.4 Å². The van der Waals surface area contributed by atoms with E-state index in [1.165, 1.54) is 6.26 Å². The molecule has 0 aliphatic heterocycles. The Morgan fingerprint density at radius 2 is 1.85 bits per heavy atom. The first kappa shape index (κ1) is 26.2. The van der Waals surface area contributed by atoms with Crippen LogP contribution < -0.4 is 10.6 Å². The van der Waals surface area contributed by atoms with Crippen LogP contribution in [0.15, 0.2) is 9.52 Å². The summed E-state index contributed by atoms with van der Waals surface area (Å²) in [4.78, 5) is 4.66. The number of nitrogens with zero attached hydrogens (tertiary/aromatic N) is 2. The fraction of sp³-hybridized carbons (Fsp3) is 0.778. The maximum absolute atomic E-state index is 11.4. The summed E-state index contributed by atoms with van der Waals surface area (Å²) in [5.41, 5.74) is 1.86. The third-order valence-corrected chi connectivity index (χ3v) is 5.18. The lowest BCUT2D eigenvalue weighted by Gasteiger charge is -2.25. The van der Waals surface area contributed by atoms with Crippen LogP contribution in [0.2, 0.25) is 0 Å². The fourth-order valence-electron chi connectivity index (χ4n) is 2.49. The minimum Gasteiger partial charge on any atom is -0.361 e. The van der Waals surface area contributed by atoms with Gasteiger partial charge in [0.2, 0.25) is 0 Å². The minimum absolute atomic E-state index is 0. The maximum Gasteiger partial charge on any atom is 0.191 e. The summed E-state index contributed by atoms with van der Waals surface area (Å²) in [6.07, 6.45) is 3.48. The molecule has 0 radical (unpaired) electrons. The van der Waals surface area contributed by atoms with E-state index in [1.807, 2.05) is 13.8 Å². The molecule has 0 aliphatic rings. The van der Waals surface area contributed by atoms with Crippen LogP contribution in [0.25, 0.3) is 0 Å². The highest BCUT2D eigenvalue weighted by Crippen LogP contribution is 2.20. The molecule has 1 aromatic rings. The molecule has 0 fully saturated rings. The number of aliphatic imine (C=N–C) groups is 1. The lowest BCUT2D eigenvalue weighted by molar-refractivity contribution is 0.348. The maximum atomic E-state index is 11.4. The lowest BCUT2D eigenvalue weighted by Crippen LogP contribution is -2.42. The SMILES string of the molecule is CCNC(=NCc1c(CC)noc1CC)NCC(C)(C)CCS(C)(=O)=O.I. The second kappa shape index (κ2) is 11.9. The number of halogens is 1. The molecule has 0 aromatic carbocycles. The van der Waals surface area contributed by atoms with E-state index in [-0.39, 0.29) is 35.1 Å². The first-order valence-electron chi connectivity index (χ1n) is 9.28. The van der Waals surface area contributed by atoms with Crippen LogP contribution in [0, 0.1) is 5.41 Å². The second-order valence-corrected chi connectivity index (χ2v) is 9.59. The number of rotatable bonds is 10. The van der Waals surface area contributed by atoms with E-state index in [9.17, 15) is 8.42 Å². The summed E-state index contributed by atoms with van der Waals surface area (Å²) in [6.45, 7) is 12.1. The Bertz CT molecular complexity index is 678. The average molecular weight is 514 g/mol. The molecule has 1 aromatic heterocycles. The summed E-state index contributed by atoms with van der Waals surface area (Å²) in [5.74, 6) is 1.79. The second-order valence-electron chi connectivity index (χ2n) is 7.33. The lowest BCUT2D eigenvalue weighted by atomic mass is 9.90. The van der Waals surface area contributed by atoms with E-state index in [0.29, 0.717) is 25.5 Å². The first-order valence-corrected chi connectivity index (χ1v) is 11.3. The normalized spacial score (nSPS) is 12.6. The molecule has 0 atom stereocenters.